The van der Waals surface area contributed by atoms with E-state index in [0.717, 1.165) is 22.4 Å². The molecular formula is C14H13BrN4O2. The molecule has 0 aliphatic carbocycles. The smallest absolute Gasteiger partial charge is 0.261 e. The van der Waals surface area contributed by atoms with Gasteiger partial charge in [0.15, 0.2) is 10.5 Å². The third-order valence-electron chi connectivity index (χ3n) is 2.86. The molecule has 0 radical (unpaired) electrons. The van der Waals surface area contributed by atoms with Crippen LogP contribution >= 0.6 is 15.9 Å². The normalized spacial score (nSPS) is 10.8. The monoisotopic (exact) mass is 348 g/mol. The minimum atomic E-state index is 0.462. The molecule has 3 aromatic rings. The third kappa shape index (κ3) is 3.30. The van der Waals surface area contributed by atoms with Crippen LogP contribution in [0.15, 0.2) is 44.1 Å². The van der Waals surface area contributed by atoms with E-state index >= 15 is 0 Å². The lowest BCUT2D eigenvalue weighted by Gasteiger charge is -2.07. The number of nitrogens with zero attached hydrogens (tertiary/aromatic N) is 3. The van der Waals surface area contributed by atoms with Crippen LogP contribution in [0, 0.1) is 6.92 Å². The zero-order chi connectivity index (χ0) is 14.7. The van der Waals surface area contributed by atoms with E-state index in [4.69, 9.17) is 8.94 Å². The van der Waals surface area contributed by atoms with Crippen LogP contribution in [0.3, 0.4) is 0 Å². The Morgan fingerprint density at radius 1 is 1.29 bits per heavy atom. The van der Waals surface area contributed by atoms with Crippen LogP contribution in [0.5, 0.6) is 0 Å². The summed E-state index contributed by atoms with van der Waals surface area (Å²) < 4.78 is 11.4. The van der Waals surface area contributed by atoms with Gasteiger partial charge in [-0.05, 0) is 47.1 Å². The number of rotatable bonds is 5. The summed E-state index contributed by atoms with van der Waals surface area (Å²) in [6.07, 6.45) is 2.48. The summed E-state index contributed by atoms with van der Waals surface area (Å²) in [5.74, 6) is 2.68. The largest absolute Gasteiger partial charge is 0.454 e. The molecule has 3 rings (SSSR count). The third-order valence-corrected chi connectivity index (χ3v) is 3.28. The van der Waals surface area contributed by atoms with Crippen molar-refractivity contribution in [2.24, 2.45) is 0 Å². The number of pyridine rings is 1. The van der Waals surface area contributed by atoms with E-state index < -0.39 is 0 Å². The van der Waals surface area contributed by atoms with Crippen molar-refractivity contribution < 1.29 is 8.94 Å². The molecule has 108 valence electrons. The Hall–Kier alpha value is -2.15. The van der Waals surface area contributed by atoms with E-state index in [9.17, 15) is 0 Å². The SMILES string of the molecule is Cc1noc(-c2cccnc2NCCc2ccc(Br)o2)n1. The van der Waals surface area contributed by atoms with Gasteiger partial charge in [0.1, 0.15) is 11.6 Å². The van der Waals surface area contributed by atoms with Gasteiger partial charge >= 0.3 is 0 Å². The second-order valence-corrected chi connectivity index (χ2v) is 5.21. The van der Waals surface area contributed by atoms with Crippen LogP contribution in [0.25, 0.3) is 11.5 Å². The van der Waals surface area contributed by atoms with E-state index in [1.165, 1.54) is 0 Å². The number of aromatic nitrogens is 3. The highest BCUT2D eigenvalue weighted by Gasteiger charge is 2.12. The highest BCUT2D eigenvalue weighted by atomic mass is 79.9. The second kappa shape index (κ2) is 6.09. The van der Waals surface area contributed by atoms with Crippen LogP contribution < -0.4 is 5.32 Å². The van der Waals surface area contributed by atoms with E-state index in [1.54, 1.807) is 13.1 Å². The number of anilines is 1. The van der Waals surface area contributed by atoms with Gasteiger partial charge in [-0.2, -0.15) is 4.98 Å². The maximum Gasteiger partial charge on any atom is 0.261 e. The lowest BCUT2D eigenvalue weighted by Crippen LogP contribution is -2.07. The van der Waals surface area contributed by atoms with Gasteiger partial charge in [0.2, 0.25) is 0 Å². The molecule has 0 unspecified atom stereocenters. The lowest BCUT2D eigenvalue weighted by atomic mass is 10.2. The van der Waals surface area contributed by atoms with Crippen LogP contribution in [-0.4, -0.2) is 21.7 Å². The number of nitrogens with one attached hydrogen (secondary N) is 1. The number of halogens is 1. The lowest BCUT2D eigenvalue weighted by molar-refractivity contribution is 0.425. The van der Waals surface area contributed by atoms with Gasteiger partial charge in [-0.3, -0.25) is 0 Å². The van der Waals surface area contributed by atoms with Gasteiger partial charge in [0.05, 0.1) is 5.56 Å². The minimum Gasteiger partial charge on any atom is -0.454 e. The summed E-state index contributed by atoms with van der Waals surface area (Å²) in [7, 11) is 0. The number of hydrogen-bond acceptors (Lipinski definition) is 6. The molecule has 0 aliphatic rings. The predicted molar refractivity (Wildman–Crippen MR) is 80.9 cm³/mol. The van der Waals surface area contributed by atoms with E-state index in [-0.39, 0.29) is 0 Å². The molecule has 0 atom stereocenters. The molecule has 3 heterocycles. The van der Waals surface area contributed by atoms with Crippen molar-refractivity contribution in [1.29, 1.82) is 0 Å². The first-order chi connectivity index (χ1) is 10.2. The summed E-state index contributed by atoms with van der Waals surface area (Å²) in [4.78, 5) is 8.55. The Kier molecular flexibility index (Phi) is 4.01. The highest BCUT2D eigenvalue weighted by molar-refractivity contribution is 9.10. The predicted octanol–water partition coefficient (Wildman–Crippen LogP) is 3.45. The zero-order valence-corrected chi connectivity index (χ0v) is 12.9. The first-order valence-electron chi connectivity index (χ1n) is 6.46. The second-order valence-electron chi connectivity index (χ2n) is 4.43. The molecule has 0 bridgehead atoms. The maximum absolute atomic E-state index is 5.46. The first kappa shape index (κ1) is 13.8. The molecule has 1 N–H and O–H groups in total. The molecule has 7 heteroatoms. The zero-order valence-electron chi connectivity index (χ0n) is 11.3. The summed E-state index contributed by atoms with van der Waals surface area (Å²) >= 11 is 3.29. The Morgan fingerprint density at radius 2 is 2.19 bits per heavy atom. The average Bonchev–Trinajstić information content (AvgIpc) is 3.08. The number of furan rings is 1. The number of aryl methyl sites for hydroxylation is 1. The Bertz CT molecular complexity index is 738. The highest BCUT2D eigenvalue weighted by Crippen LogP contribution is 2.24. The van der Waals surface area contributed by atoms with Crippen molar-refractivity contribution in [3.63, 3.8) is 0 Å². The molecule has 3 aromatic heterocycles. The van der Waals surface area contributed by atoms with Crippen molar-refractivity contribution in [2.45, 2.75) is 13.3 Å². The number of hydrogen-bond donors (Lipinski definition) is 1. The summed E-state index contributed by atoms with van der Waals surface area (Å²) in [5, 5.41) is 7.07. The van der Waals surface area contributed by atoms with Crippen LogP contribution in [0.2, 0.25) is 0 Å². The fraction of sp³-hybridized carbons (Fsp3) is 0.214. The van der Waals surface area contributed by atoms with Gasteiger partial charge in [-0.25, -0.2) is 4.98 Å². The Morgan fingerprint density at radius 3 is 2.90 bits per heavy atom. The van der Waals surface area contributed by atoms with Crippen LogP contribution in [0.4, 0.5) is 5.82 Å². The molecule has 0 saturated carbocycles. The van der Waals surface area contributed by atoms with E-state index in [0.29, 0.717) is 24.1 Å². The van der Waals surface area contributed by atoms with Crippen molar-refractivity contribution in [3.8, 4) is 11.5 Å². The molecule has 0 saturated heterocycles. The van der Waals surface area contributed by atoms with Crippen molar-refractivity contribution in [2.75, 3.05) is 11.9 Å². The van der Waals surface area contributed by atoms with Crippen molar-refractivity contribution in [3.05, 3.63) is 46.7 Å². The van der Waals surface area contributed by atoms with Crippen molar-refractivity contribution in [1.82, 2.24) is 15.1 Å². The fourth-order valence-corrected chi connectivity index (χ4v) is 2.26. The summed E-state index contributed by atoms with van der Waals surface area (Å²) in [6, 6.07) is 7.55. The average molecular weight is 349 g/mol. The first-order valence-corrected chi connectivity index (χ1v) is 7.25. The molecule has 0 spiro atoms. The van der Waals surface area contributed by atoms with Gasteiger partial charge in [0, 0.05) is 19.2 Å². The van der Waals surface area contributed by atoms with Gasteiger partial charge < -0.3 is 14.3 Å². The van der Waals surface area contributed by atoms with Gasteiger partial charge in [0.25, 0.3) is 5.89 Å². The molecular weight excluding hydrogens is 336 g/mol. The van der Waals surface area contributed by atoms with Crippen molar-refractivity contribution >= 4 is 21.7 Å². The minimum absolute atomic E-state index is 0.462. The topological polar surface area (TPSA) is 77.0 Å². The summed E-state index contributed by atoms with van der Waals surface area (Å²) in [5.41, 5.74) is 0.790. The standard InChI is InChI=1S/C14H13BrN4O2/c1-9-18-14(21-19-9)11-3-2-7-16-13(11)17-8-6-10-4-5-12(15)20-10/h2-5,7H,6,8H2,1H3,(H,16,17). The molecule has 0 amide bonds. The molecule has 0 aliphatic heterocycles. The molecule has 21 heavy (non-hydrogen) atoms. The molecule has 6 nitrogen and oxygen atoms in total. The Labute approximate surface area is 129 Å². The quantitative estimate of drug-likeness (QED) is 0.760. The van der Waals surface area contributed by atoms with E-state index in [1.807, 2.05) is 24.3 Å². The van der Waals surface area contributed by atoms with Crippen LogP contribution in [0.1, 0.15) is 11.6 Å². The van der Waals surface area contributed by atoms with Gasteiger partial charge in [-0.1, -0.05) is 5.16 Å². The summed E-state index contributed by atoms with van der Waals surface area (Å²) in [6.45, 7) is 2.47. The van der Waals surface area contributed by atoms with Gasteiger partial charge in [-0.15, -0.1) is 0 Å². The van der Waals surface area contributed by atoms with Crippen LogP contribution in [-0.2, 0) is 6.42 Å². The maximum atomic E-state index is 5.46. The fourth-order valence-electron chi connectivity index (χ4n) is 1.92. The molecule has 0 fully saturated rings. The molecule has 0 aromatic carbocycles. The van der Waals surface area contributed by atoms with E-state index in [2.05, 4.69) is 36.4 Å². The Balaban J connectivity index is 1.71.